The van der Waals surface area contributed by atoms with Gasteiger partial charge in [0.15, 0.2) is 0 Å². The molecule has 6 rings (SSSR count). The van der Waals surface area contributed by atoms with Crippen LogP contribution in [-0.4, -0.2) is 61.6 Å². The van der Waals surface area contributed by atoms with Gasteiger partial charge in [-0.3, -0.25) is 9.69 Å². The molecule has 140 valence electrons. The third-order valence-corrected chi connectivity index (χ3v) is 8.50. The molecule has 25 heavy (non-hydrogen) atoms. The Morgan fingerprint density at radius 1 is 1.04 bits per heavy atom. The summed E-state index contributed by atoms with van der Waals surface area (Å²) >= 11 is 0. The van der Waals surface area contributed by atoms with Crippen molar-refractivity contribution in [1.29, 1.82) is 0 Å². The van der Waals surface area contributed by atoms with Crippen LogP contribution in [0.4, 0.5) is 0 Å². The summed E-state index contributed by atoms with van der Waals surface area (Å²) in [7, 11) is 4.07. The van der Waals surface area contributed by atoms with Gasteiger partial charge in [0.05, 0.1) is 11.0 Å². The molecule has 0 aromatic heterocycles. The minimum Gasteiger partial charge on any atom is -0.384 e. The quantitative estimate of drug-likeness (QED) is 0.788. The first kappa shape index (κ1) is 16.6. The van der Waals surface area contributed by atoms with Gasteiger partial charge in [0.1, 0.15) is 0 Å². The van der Waals surface area contributed by atoms with Crippen molar-refractivity contribution in [2.24, 2.45) is 29.1 Å². The molecule has 1 atom stereocenters. The third-order valence-electron chi connectivity index (χ3n) is 8.50. The van der Waals surface area contributed by atoms with E-state index in [0.29, 0.717) is 11.8 Å². The molecule has 4 aliphatic carbocycles. The molecule has 4 nitrogen and oxygen atoms in total. The number of hydrogen-bond acceptors (Lipinski definition) is 3. The van der Waals surface area contributed by atoms with Crippen LogP contribution >= 0.6 is 0 Å². The standard InChI is InChI=1S/C21H34N2O2/c1-22-4-3-15(12-25-2)11-21(22)13-23(14-21)19(24)20-8-16-5-17(9-20)7-18(6-16)10-20/h15-18H,3-14H2,1-2H3/t15-,16?,17?,18?,20?/m1/s1. The third kappa shape index (κ3) is 2.50. The van der Waals surface area contributed by atoms with Crippen molar-refractivity contribution in [2.45, 2.75) is 56.9 Å². The number of methoxy groups -OCH3 is 1. The topological polar surface area (TPSA) is 32.8 Å². The fraction of sp³-hybridized carbons (Fsp3) is 0.952. The van der Waals surface area contributed by atoms with E-state index in [1.165, 1.54) is 51.4 Å². The van der Waals surface area contributed by atoms with Crippen molar-refractivity contribution in [3.63, 3.8) is 0 Å². The van der Waals surface area contributed by atoms with Gasteiger partial charge in [-0.05, 0) is 88.6 Å². The smallest absolute Gasteiger partial charge is 0.228 e. The lowest BCUT2D eigenvalue weighted by atomic mass is 9.49. The Hall–Kier alpha value is -0.610. The van der Waals surface area contributed by atoms with Gasteiger partial charge in [-0.1, -0.05) is 0 Å². The van der Waals surface area contributed by atoms with Crippen LogP contribution in [0.15, 0.2) is 0 Å². The van der Waals surface area contributed by atoms with Crippen molar-refractivity contribution in [1.82, 2.24) is 9.80 Å². The maximum Gasteiger partial charge on any atom is 0.228 e. The molecular weight excluding hydrogens is 312 g/mol. The van der Waals surface area contributed by atoms with Gasteiger partial charge in [-0.2, -0.15) is 0 Å². The summed E-state index contributed by atoms with van der Waals surface area (Å²) in [5.41, 5.74) is 0.273. The highest BCUT2D eigenvalue weighted by molar-refractivity contribution is 5.84. The van der Waals surface area contributed by atoms with E-state index in [2.05, 4.69) is 16.8 Å². The first-order chi connectivity index (χ1) is 12.0. The largest absolute Gasteiger partial charge is 0.384 e. The average molecular weight is 347 g/mol. The first-order valence-corrected chi connectivity index (χ1v) is 10.5. The predicted octanol–water partition coefficient (Wildman–Crippen LogP) is 2.77. The number of carbonyl (C=O) groups excluding carboxylic acids is 1. The molecule has 1 spiro atoms. The highest BCUT2D eigenvalue weighted by Crippen LogP contribution is 2.61. The molecule has 4 saturated carbocycles. The molecule has 6 aliphatic rings. The Labute approximate surface area is 152 Å². The summed E-state index contributed by atoms with van der Waals surface area (Å²) in [5.74, 6) is 3.76. The van der Waals surface area contributed by atoms with Gasteiger partial charge in [-0.25, -0.2) is 0 Å². The molecule has 2 saturated heterocycles. The molecule has 0 unspecified atom stereocenters. The number of nitrogens with zero attached hydrogens (tertiary/aromatic N) is 2. The van der Waals surface area contributed by atoms with Crippen molar-refractivity contribution in [3.05, 3.63) is 0 Å². The molecule has 4 bridgehead atoms. The lowest BCUT2D eigenvalue weighted by molar-refractivity contribution is -0.175. The minimum atomic E-state index is 0.0372. The second-order valence-electron chi connectivity index (χ2n) is 10.3. The molecule has 0 aromatic rings. The number of amides is 1. The Balaban J connectivity index is 1.28. The van der Waals surface area contributed by atoms with Gasteiger partial charge in [0.2, 0.25) is 5.91 Å². The van der Waals surface area contributed by atoms with Crippen LogP contribution in [0, 0.1) is 29.1 Å². The summed E-state index contributed by atoms with van der Waals surface area (Å²) < 4.78 is 5.42. The zero-order valence-corrected chi connectivity index (χ0v) is 16.0. The SMILES string of the molecule is COC[C@@H]1CCN(C)C2(C1)CN(C(=O)C13CC4CC(CC(C4)C1)C3)C2. The van der Waals surface area contributed by atoms with E-state index in [1.807, 2.05) is 7.11 Å². The maximum absolute atomic E-state index is 13.5. The Morgan fingerprint density at radius 3 is 2.20 bits per heavy atom. The number of likely N-dealkylation sites (tertiary alicyclic amines) is 2. The Morgan fingerprint density at radius 2 is 1.64 bits per heavy atom. The predicted molar refractivity (Wildman–Crippen MR) is 97.1 cm³/mol. The second kappa shape index (κ2) is 5.69. The van der Waals surface area contributed by atoms with Crippen LogP contribution in [-0.2, 0) is 9.53 Å². The molecule has 1 amide bonds. The van der Waals surface area contributed by atoms with E-state index < -0.39 is 0 Å². The van der Waals surface area contributed by atoms with Crippen molar-refractivity contribution < 1.29 is 9.53 Å². The van der Waals surface area contributed by atoms with Crippen molar-refractivity contribution in [2.75, 3.05) is 40.4 Å². The summed E-state index contributed by atoms with van der Waals surface area (Å²) in [6, 6.07) is 0. The average Bonchev–Trinajstić information content (AvgIpc) is 2.53. The first-order valence-electron chi connectivity index (χ1n) is 10.5. The normalized spacial score (nSPS) is 45.0. The van der Waals surface area contributed by atoms with Crippen molar-refractivity contribution >= 4 is 5.91 Å². The summed E-state index contributed by atoms with van der Waals surface area (Å²) in [6.45, 7) is 3.94. The van der Waals surface area contributed by atoms with Crippen LogP contribution in [0.5, 0.6) is 0 Å². The fourth-order valence-corrected chi connectivity index (χ4v) is 7.67. The monoisotopic (exact) mass is 346 g/mol. The summed E-state index contributed by atoms with van der Waals surface area (Å²) in [5, 5.41) is 0. The molecule has 0 aromatic carbocycles. The van der Waals surface area contributed by atoms with Gasteiger partial charge in [0, 0.05) is 26.8 Å². The number of rotatable bonds is 3. The molecule has 6 fully saturated rings. The van der Waals surface area contributed by atoms with E-state index in [9.17, 15) is 4.79 Å². The molecular formula is C21H34N2O2. The van der Waals surface area contributed by atoms with Crippen LogP contribution in [0.2, 0.25) is 0 Å². The summed E-state index contributed by atoms with van der Waals surface area (Å²) in [6.07, 6.45) is 10.3. The van der Waals surface area contributed by atoms with E-state index in [1.54, 1.807) is 0 Å². The van der Waals surface area contributed by atoms with Crippen LogP contribution in [0.1, 0.15) is 51.4 Å². The maximum atomic E-state index is 13.5. The van der Waals surface area contributed by atoms with E-state index >= 15 is 0 Å². The van der Waals surface area contributed by atoms with Crippen LogP contribution in [0.25, 0.3) is 0 Å². The van der Waals surface area contributed by atoms with Crippen LogP contribution < -0.4 is 0 Å². The lowest BCUT2D eigenvalue weighted by Crippen LogP contribution is -2.74. The van der Waals surface area contributed by atoms with Crippen molar-refractivity contribution in [3.8, 4) is 0 Å². The van der Waals surface area contributed by atoms with E-state index in [4.69, 9.17) is 4.74 Å². The highest BCUT2D eigenvalue weighted by Gasteiger charge is 2.59. The second-order valence-corrected chi connectivity index (χ2v) is 10.3. The highest BCUT2D eigenvalue weighted by atomic mass is 16.5. The van der Waals surface area contributed by atoms with Gasteiger partial charge >= 0.3 is 0 Å². The van der Waals surface area contributed by atoms with E-state index in [-0.39, 0.29) is 11.0 Å². The number of likely N-dealkylation sites (N-methyl/N-ethyl adjacent to an activating group) is 1. The summed E-state index contributed by atoms with van der Waals surface area (Å²) in [4.78, 5) is 18.3. The number of ether oxygens (including phenoxy) is 1. The lowest BCUT2D eigenvalue weighted by Gasteiger charge is -2.62. The Bertz CT molecular complexity index is 519. The zero-order chi connectivity index (χ0) is 17.2. The molecule has 0 N–H and O–H groups in total. The fourth-order valence-electron chi connectivity index (χ4n) is 7.67. The minimum absolute atomic E-state index is 0.0372. The number of carbonyl (C=O) groups is 1. The molecule has 2 aliphatic heterocycles. The van der Waals surface area contributed by atoms with Gasteiger partial charge < -0.3 is 9.64 Å². The van der Waals surface area contributed by atoms with E-state index in [0.717, 1.165) is 44.0 Å². The van der Waals surface area contributed by atoms with Gasteiger partial charge in [0.25, 0.3) is 0 Å². The van der Waals surface area contributed by atoms with Gasteiger partial charge in [-0.15, -0.1) is 0 Å². The molecule has 0 radical (unpaired) electrons. The molecule has 4 heteroatoms. The zero-order valence-electron chi connectivity index (χ0n) is 16.0. The number of piperidine rings is 1. The Kier molecular flexibility index (Phi) is 3.77. The number of hydrogen-bond donors (Lipinski definition) is 0. The molecule has 2 heterocycles. The van der Waals surface area contributed by atoms with Crippen LogP contribution in [0.3, 0.4) is 0 Å².